The predicted octanol–water partition coefficient (Wildman–Crippen LogP) is 2.89. The summed E-state index contributed by atoms with van der Waals surface area (Å²) in [6, 6.07) is 4.00. The molecule has 0 aliphatic heterocycles. The lowest BCUT2D eigenvalue weighted by atomic mass is 10.3. The van der Waals surface area contributed by atoms with Crippen LogP contribution in [-0.2, 0) is 11.2 Å². The van der Waals surface area contributed by atoms with Gasteiger partial charge in [0.1, 0.15) is 5.01 Å². The van der Waals surface area contributed by atoms with E-state index in [-0.39, 0.29) is 6.42 Å². The maximum Gasteiger partial charge on any atom is 0.303 e. The number of carboxylic acid groups (broad SMARTS) is 1. The van der Waals surface area contributed by atoms with Crippen LogP contribution in [-0.4, -0.2) is 16.1 Å². The lowest BCUT2D eigenvalue weighted by Gasteiger charge is -1.90. The van der Waals surface area contributed by atoms with Gasteiger partial charge in [0.2, 0.25) is 0 Å². The van der Waals surface area contributed by atoms with Crippen molar-refractivity contribution >= 4 is 28.6 Å². The minimum atomic E-state index is -0.763. The molecule has 0 radical (unpaired) electrons. The maximum atomic E-state index is 10.4. The number of carbonyl (C=O) groups is 1. The Hall–Kier alpha value is -1.20. The first-order chi connectivity index (χ1) is 7.25. The standard InChI is InChI=1S/C10H9NO2S2/c12-9(13)4-3-7-6-11-10(15-7)8-2-1-5-14-8/h1-2,5-6H,3-4H2,(H,12,13). The number of aryl methyl sites for hydroxylation is 1. The second-order valence-electron chi connectivity index (χ2n) is 3.00. The largest absolute Gasteiger partial charge is 0.481 e. The molecule has 5 heteroatoms. The molecule has 15 heavy (non-hydrogen) atoms. The molecular weight excluding hydrogens is 230 g/mol. The molecule has 2 aromatic rings. The summed E-state index contributed by atoms with van der Waals surface area (Å²) < 4.78 is 0. The van der Waals surface area contributed by atoms with Crippen LogP contribution in [0.3, 0.4) is 0 Å². The Labute approximate surface area is 95.0 Å². The molecule has 2 aromatic heterocycles. The van der Waals surface area contributed by atoms with Gasteiger partial charge in [0, 0.05) is 11.1 Å². The third kappa shape index (κ3) is 2.64. The zero-order valence-electron chi connectivity index (χ0n) is 7.84. The SMILES string of the molecule is O=C(O)CCc1cnc(-c2cccs2)s1. The van der Waals surface area contributed by atoms with Crippen LogP contribution in [0.5, 0.6) is 0 Å². The number of aromatic nitrogens is 1. The first kappa shape index (κ1) is 10.3. The van der Waals surface area contributed by atoms with Gasteiger partial charge in [-0.15, -0.1) is 22.7 Å². The fourth-order valence-corrected chi connectivity index (χ4v) is 2.88. The van der Waals surface area contributed by atoms with Gasteiger partial charge in [-0.25, -0.2) is 4.98 Å². The van der Waals surface area contributed by atoms with Crippen molar-refractivity contribution in [3.63, 3.8) is 0 Å². The average molecular weight is 239 g/mol. The summed E-state index contributed by atoms with van der Waals surface area (Å²) >= 11 is 3.21. The average Bonchev–Trinajstić information content (AvgIpc) is 2.85. The molecule has 1 N–H and O–H groups in total. The summed E-state index contributed by atoms with van der Waals surface area (Å²) in [6.07, 6.45) is 2.51. The van der Waals surface area contributed by atoms with E-state index in [9.17, 15) is 4.79 Å². The summed E-state index contributed by atoms with van der Waals surface area (Å²) in [5.74, 6) is -0.763. The van der Waals surface area contributed by atoms with Gasteiger partial charge >= 0.3 is 5.97 Å². The van der Waals surface area contributed by atoms with Gasteiger partial charge < -0.3 is 5.11 Å². The Bertz CT molecular complexity index is 448. The lowest BCUT2D eigenvalue weighted by molar-refractivity contribution is -0.136. The summed E-state index contributed by atoms with van der Waals surface area (Å²) in [7, 11) is 0. The van der Waals surface area contributed by atoms with Gasteiger partial charge in [-0.3, -0.25) is 4.79 Å². The first-order valence-electron chi connectivity index (χ1n) is 4.46. The van der Waals surface area contributed by atoms with Crippen molar-refractivity contribution in [2.45, 2.75) is 12.8 Å². The molecule has 0 fully saturated rings. The van der Waals surface area contributed by atoms with Gasteiger partial charge in [0.25, 0.3) is 0 Å². The summed E-state index contributed by atoms with van der Waals surface area (Å²) in [5, 5.41) is 11.5. The Balaban J connectivity index is 2.08. The smallest absolute Gasteiger partial charge is 0.303 e. The molecule has 3 nitrogen and oxygen atoms in total. The number of rotatable bonds is 4. The van der Waals surface area contributed by atoms with E-state index in [0.717, 1.165) is 14.8 Å². The van der Waals surface area contributed by atoms with Crippen LogP contribution in [0.2, 0.25) is 0 Å². The Morgan fingerprint density at radius 1 is 1.53 bits per heavy atom. The maximum absolute atomic E-state index is 10.4. The number of thiophene rings is 1. The number of hydrogen-bond acceptors (Lipinski definition) is 4. The van der Waals surface area contributed by atoms with Crippen LogP contribution >= 0.6 is 22.7 Å². The topological polar surface area (TPSA) is 50.2 Å². The van der Waals surface area contributed by atoms with E-state index in [4.69, 9.17) is 5.11 Å². The highest BCUT2D eigenvalue weighted by Crippen LogP contribution is 2.29. The number of aliphatic carboxylic acids is 1. The molecule has 0 aliphatic rings. The number of hydrogen-bond donors (Lipinski definition) is 1. The molecule has 0 unspecified atom stereocenters. The van der Waals surface area contributed by atoms with Crippen molar-refractivity contribution in [2.75, 3.05) is 0 Å². The quantitative estimate of drug-likeness (QED) is 0.892. The molecule has 2 rings (SSSR count). The van der Waals surface area contributed by atoms with Gasteiger partial charge in [-0.05, 0) is 17.9 Å². The van der Waals surface area contributed by atoms with Crippen LogP contribution in [0.25, 0.3) is 9.88 Å². The monoisotopic (exact) mass is 239 g/mol. The molecule has 0 spiro atoms. The van der Waals surface area contributed by atoms with Crippen LogP contribution in [0.15, 0.2) is 23.7 Å². The highest BCUT2D eigenvalue weighted by molar-refractivity contribution is 7.20. The van der Waals surface area contributed by atoms with Crippen LogP contribution in [0.1, 0.15) is 11.3 Å². The van der Waals surface area contributed by atoms with E-state index >= 15 is 0 Å². The van der Waals surface area contributed by atoms with E-state index in [2.05, 4.69) is 4.98 Å². The van der Waals surface area contributed by atoms with Crippen LogP contribution < -0.4 is 0 Å². The van der Waals surface area contributed by atoms with Crippen molar-refractivity contribution in [1.29, 1.82) is 0 Å². The van der Waals surface area contributed by atoms with E-state index in [0.29, 0.717) is 6.42 Å². The molecule has 0 aromatic carbocycles. The summed E-state index contributed by atoms with van der Waals surface area (Å²) in [4.78, 5) is 16.8. The van der Waals surface area contributed by atoms with Gasteiger partial charge in [0.05, 0.1) is 11.3 Å². The fourth-order valence-electron chi connectivity index (χ4n) is 1.17. The molecule has 0 amide bonds. The lowest BCUT2D eigenvalue weighted by Crippen LogP contribution is -1.95. The fraction of sp³-hybridized carbons (Fsp3) is 0.200. The molecular formula is C10H9NO2S2. The second-order valence-corrected chi connectivity index (χ2v) is 5.07. The highest BCUT2D eigenvalue weighted by atomic mass is 32.1. The molecule has 0 atom stereocenters. The van der Waals surface area contributed by atoms with Crippen LogP contribution in [0, 0.1) is 0 Å². The van der Waals surface area contributed by atoms with Crippen molar-refractivity contribution in [3.05, 3.63) is 28.6 Å². The Kier molecular flexibility index (Phi) is 3.13. The van der Waals surface area contributed by atoms with Gasteiger partial charge in [-0.2, -0.15) is 0 Å². The first-order valence-corrected chi connectivity index (χ1v) is 6.15. The molecule has 0 bridgehead atoms. The zero-order valence-corrected chi connectivity index (χ0v) is 9.48. The molecule has 78 valence electrons. The summed E-state index contributed by atoms with van der Waals surface area (Å²) in [6.45, 7) is 0. The molecule has 0 aliphatic carbocycles. The van der Waals surface area contributed by atoms with Crippen molar-refractivity contribution < 1.29 is 9.90 Å². The van der Waals surface area contributed by atoms with E-state index in [1.807, 2.05) is 17.5 Å². The Morgan fingerprint density at radius 3 is 3.07 bits per heavy atom. The Morgan fingerprint density at radius 2 is 2.40 bits per heavy atom. The predicted molar refractivity (Wildman–Crippen MR) is 61.4 cm³/mol. The molecule has 2 heterocycles. The normalized spacial score (nSPS) is 10.4. The van der Waals surface area contributed by atoms with E-state index < -0.39 is 5.97 Å². The third-order valence-electron chi connectivity index (χ3n) is 1.87. The third-order valence-corrected chi connectivity index (χ3v) is 3.97. The van der Waals surface area contributed by atoms with Crippen molar-refractivity contribution in [3.8, 4) is 9.88 Å². The van der Waals surface area contributed by atoms with Gasteiger partial charge in [0.15, 0.2) is 0 Å². The minimum absolute atomic E-state index is 0.173. The zero-order chi connectivity index (χ0) is 10.7. The highest BCUT2D eigenvalue weighted by Gasteiger charge is 2.06. The van der Waals surface area contributed by atoms with E-state index in [1.54, 1.807) is 28.9 Å². The summed E-state index contributed by atoms with van der Waals surface area (Å²) in [5.41, 5.74) is 0. The second kappa shape index (κ2) is 4.55. The minimum Gasteiger partial charge on any atom is -0.481 e. The number of nitrogens with zero attached hydrogens (tertiary/aromatic N) is 1. The van der Waals surface area contributed by atoms with Crippen molar-refractivity contribution in [1.82, 2.24) is 4.98 Å². The molecule has 0 saturated carbocycles. The molecule has 0 saturated heterocycles. The number of carboxylic acids is 1. The number of thiazole rings is 1. The van der Waals surface area contributed by atoms with Crippen molar-refractivity contribution in [2.24, 2.45) is 0 Å². The van der Waals surface area contributed by atoms with Crippen LogP contribution in [0.4, 0.5) is 0 Å². The van der Waals surface area contributed by atoms with Gasteiger partial charge in [-0.1, -0.05) is 6.07 Å². The van der Waals surface area contributed by atoms with E-state index in [1.165, 1.54) is 0 Å².